The number of likely N-dealkylation sites (tertiary alicyclic amines) is 1. The fraction of sp³-hybridized carbons (Fsp3) is 0.360. The number of rotatable bonds is 5. The van der Waals surface area contributed by atoms with Crippen molar-refractivity contribution in [1.29, 1.82) is 0 Å². The first-order valence-corrected chi connectivity index (χ1v) is 11.1. The lowest BCUT2D eigenvalue weighted by Gasteiger charge is -2.41. The van der Waals surface area contributed by atoms with E-state index in [1.165, 1.54) is 18.3 Å². The third-order valence-electron chi connectivity index (χ3n) is 6.94. The van der Waals surface area contributed by atoms with Gasteiger partial charge in [0, 0.05) is 42.2 Å². The van der Waals surface area contributed by atoms with Gasteiger partial charge in [0.05, 0.1) is 5.56 Å². The molecule has 1 saturated heterocycles. The van der Waals surface area contributed by atoms with E-state index >= 15 is 0 Å². The summed E-state index contributed by atoms with van der Waals surface area (Å²) in [7, 11) is 0. The minimum atomic E-state index is -4.46. The van der Waals surface area contributed by atoms with Crippen LogP contribution in [-0.4, -0.2) is 38.2 Å². The smallest absolute Gasteiger partial charge is 0.417 e. The zero-order chi connectivity index (χ0) is 24.0. The number of halogens is 4. The summed E-state index contributed by atoms with van der Waals surface area (Å²) in [6.07, 6.45) is -2.06. The van der Waals surface area contributed by atoms with E-state index in [2.05, 4.69) is 16.9 Å². The van der Waals surface area contributed by atoms with Crippen LogP contribution in [0.2, 0.25) is 0 Å². The first kappa shape index (κ1) is 22.7. The van der Waals surface area contributed by atoms with E-state index in [0.717, 1.165) is 25.1 Å². The van der Waals surface area contributed by atoms with Gasteiger partial charge in [0.25, 0.3) is 0 Å². The van der Waals surface area contributed by atoms with E-state index in [9.17, 15) is 22.7 Å². The molecule has 0 radical (unpaired) electrons. The van der Waals surface area contributed by atoms with Crippen molar-refractivity contribution in [1.82, 2.24) is 14.9 Å². The molecule has 3 heterocycles. The lowest BCUT2D eigenvalue weighted by atomic mass is 9.95. The molecule has 5 nitrogen and oxygen atoms in total. The number of aliphatic hydroxyl groups is 1. The molecular formula is C25H23F4N3O2. The van der Waals surface area contributed by atoms with Crippen LogP contribution in [0.1, 0.15) is 37.1 Å². The maximum Gasteiger partial charge on any atom is 0.417 e. The Kier molecular flexibility index (Phi) is 5.77. The number of hydrogen-bond donors (Lipinski definition) is 1. The Morgan fingerprint density at radius 2 is 1.88 bits per heavy atom. The minimum absolute atomic E-state index is 0.0719. The van der Waals surface area contributed by atoms with Gasteiger partial charge in [-0.25, -0.2) is 9.97 Å². The first-order valence-electron chi connectivity index (χ1n) is 11.1. The van der Waals surface area contributed by atoms with E-state index in [1.54, 1.807) is 6.07 Å². The zero-order valence-corrected chi connectivity index (χ0v) is 18.3. The van der Waals surface area contributed by atoms with Gasteiger partial charge in [0.15, 0.2) is 0 Å². The average Bonchev–Trinajstić information content (AvgIpc) is 3.36. The largest absolute Gasteiger partial charge is 0.473 e. The van der Waals surface area contributed by atoms with Gasteiger partial charge < -0.3 is 9.84 Å². The van der Waals surface area contributed by atoms with Crippen molar-refractivity contribution in [2.24, 2.45) is 5.92 Å². The van der Waals surface area contributed by atoms with Gasteiger partial charge in [-0.2, -0.15) is 17.6 Å². The third-order valence-corrected chi connectivity index (χ3v) is 6.94. The molecule has 5 rings (SSSR count). The van der Waals surface area contributed by atoms with Gasteiger partial charge in [-0.15, -0.1) is 0 Å². The van der Waals surface area contributed by atoms with Crippen LogP contribution in [0, 0.1) is 11.9 Å². The Balaban J connectivity index is 1.39. The second-order valence-corrected chi connectivity index (χ2v) is 8.85. The van der Waals surface area contributed by atoms with Crippen LogP contribution in [0.25, 0.3) is 11.1 Å². The van der Waals surface area contributed by atoms with Gasteiger partial charge in [-0.05, 0) is 48.9 Å². The molecule has 1 N–H and O–H groups in total. The topological polar surface area (TPSA) is 58.5 Å². The number of nitrogens with zero attached hydrogens (tertiary/aromatic N) is 3. The molecule has 9 heteroatoms. The Labute approximate surface area is 194 Å². The predicted octanol–water partition coefficient (Wildman–Crippen LogP) is 5.22. The Morgan fingerprint density at radius 3 is 2.56 bits per heavy atom. The summed E-state index contributed by atoms with van der Waals surface area (Å²) in [4.78, 5) is 9.43. The summed E-state index contributed by atoms with van der Waals surface area (Å²) in [6.45, 7) is 2.05. The molecule has 2 aromatic heterocycles. The highest BCUT2D eigenvalue weighted by Gasteiger charge is 2.53. The number of ether oxygens (including phenoxy) is 1. The highest BCUT2D eigenvalue weighted by molar-refractivity contribution is 5.67. The molecule has 0 amide bonds. The third kappa shape index (κ3) is 4.14. The molecule has 5 unspecified atom stereocenters. The Hall–Kier alpha value is -3.04. The summed E-state index contributed by atoms with van der Waals surface area (Å²) in [5.74, 6) is -0.210. The molecule has 1 aromatic carbocycles. The van der Waals surface area contributed by atoms with E-state index in [1.807, 2.05) is 29.2 Å². The molecule has 34 heavy (non-hydrogen) atoms. The van der Waals surface area contributed by atoms with Gasteiger partial charge >= 0.3 is 6.18 Å². The first-order chi connectivity index (χ1) is 16.2. The maximum absolute atomic E-state index is 13.8. The maximum atomic E-state index is 13.8. The van der Waals surface area contributed by atoms with Crippen molar-refractivity contribution in [3.05, 3.63) is 78.0 Å². The summed E-state index contributed by atoms with van der Waals surface area (Å²) in [5, 5.41) is 11.5. The minimum Gasteiger partial charge on any atom is -0.473 e. The molecule has 178 valence electrons. The fourth-order valence-corrected chi connectivity index (χ4v) is 5.29. The Bertz CT molecular complexity index is 1170. The summed E-state index contributed by atoms with van der Waals surface area (Å²) in [5.41, 5.74) is 1.12. The number of aliphatic hydroxyl groups excluding tert-OH is 1. The molecule has 0 spiro atoms. The highest BCUT2D eigenvalue weighted by Crippen LogP contribution is 2.48. The van der Waals surface area contributed by atoms with Crippen LogP contribution >= 0.6 is 0 Å². The summed E-state index contributed by atoms with van der Waals surface area (Å²) in [6, 6.07) is 12.4. The van der Waals surface area contributed by atoms with Gasteiger partial charge in [0.2, 0.25) is 11.8 Å². The van der Waals surface area contributed by atoms with Crippen molar-refractivity contribution >= 4 is 0 Å². The van der Waals surface area contributed by atoms with Crippen LogP contribution in [-0.2, 0) is 6.18 Å². The molecule has 1 aliphatic carbocycles. The van der Waals surface area contributed by atoms with E-state index in [4.69, 9.17) is 4.74 Å². The van der Waals surface area contributed by atoms with Crippen molar-refractivity contribution in [2.75, 3.05) is 0 Å². The number of hydrogen-bond acceptors (Lipinski definition) is 5. The van der Waals surface area contributed by atoms with Crippen LogP contribution in [0.5, 0.6) is 5.88 Å². The van der Waals surface area contributed by atoms with E-state index in [-0.39, 0.29) is 30.0 Å². The second-order valence-electron chi connectivity index (χ2n) is 8.85. The van der Waals surface area contributed by atoms with Crippen molar-refractivity contribution in [3.8, 4) is 17.0 Å². The Morgan fingerprint density at radius 1 is 1.09 bits per heavy atom. The predicted molar refractivity (Wildman–Crippen MR) is 116 cm³/mol. The number of piperidine rings is 1. The molecule has 1 saturated carbocycles. The van der Waals surface area contributed by atoms with Crippen LogP contribution in [0.4, 0.5) is 17.6 Å². The van der Waals surface area contributed by atoms with Gasteiger partial charge in [0.1, 0.15) is 12.3 Å². The lowest BCUT2D eigenvalue weighted by molar-refractivity contribution is -0.137. The monoisotopic (exact) mass is 473 g/mol. The normalized spacial score (nSPS) is 25.5. The SMILES string of the molecule is CC1C2CC(Oc3ccc(C(F)(F)F)cn3)C(C2)N1C(O)c1ccccc1-c1ccnc(F)c1. The average molecular weight is 473 g/mol. The van der Waals surface area contributed by atoms with Crippen molar-refractivity contribution in [2.45, 2.75) is 50.4 Å². The molecule has 2 bridgehead atoms. The quantitative estimate of drug-likeness (QED) is 0.407. The van der Waals surface area contributed by atoms with E-state index < -0.39 is 23.9 Å². The molecule has 5 atom stereocenters. The van der Waals surface area contributed by atoms with Crippen molar-refractivity contribution < 1.29 is 27.4 Å². The summed E-state index contributed by atoms with van der Waals surface area (Å²) < 4.78 is 58.2. The number of alkyl halides is 3. The second kappa shape index (κ2) is 8.63. The number of benzene rings is 1. The van der Waals surface area contributed by atoms with Crippen LogP contribution < -0.4 is 4.74 Å². The summed E-state index contributed by atoms with van der Waals surface area (Å²) >= 11 is 0. The number of fused-ring (bicyclic) bond motifs is 2. The number of aromatic nitrogens is 2. The molecular weight excluding hydrogens is 450 g/mol. The van der Waals surface area contributed by atoms with Gasteiger partial charge in [-0.3, -0.25) is 4.90 Å². The van der Waals surface area contributed by atoms with Gasteiger partial charge in [-0.1, -0.05) is 24.3 Å². The van der Waals surface area contributed by atoms with Crippen molar-refractivity contribution in [3.63, 3.8) is 0 Å². The molecule has 2 fully saturated rings. The standard InChI is InChI=1S/C25H23F4N3O2/c1-14-16-10-20(21(11-16)34-23-7-6-17(13-31-23)25(27,28)29)32(14)24(33)19-5-3-2-4-18(19)15-8-9-30-22(26)12-15/h2-9,12-14,16,20-21,24,33H,10-11H2,1H3. The lowest BCUT2D eigenvalue weighted by Crippen LogP contribution is -2.49. The van der Waals surface area contributed by atoms with E-state index in [0.29, 0.717) is 16.7 Å². The van der Waals surface area contributed by atoms with Crippen LogP contribution in [0.15, 0.2) is 60.9 Å². The molecule has 3 aromatic rings. The highest BCUT2D eigenvalue weighted by atomic mass is 19.4. The number of pyridine rings is 2. The zero-order valence-electron chi connectivity index (χ0n) is 18.3. The molecule has 1 aliphatic heterocycles. The fourth-order valence-electron chi connectivity index (χ4n) is 5.29. The van der Waals surface area contributed by atoms with Crippen LogP contribution in [0.3, 0.4) is 0 Å². The molecule has 2 aliphatic rings.